The summed E-state index contributed by atoms with van der Waals surface area (Å²) in [5, 5.41) is 0. The molecule has 2 saturated heterocycles. The minimum atomic E-state index is -0.585. The highest BCUT2D eigenvalue weighted by Gasteiger charge is 2.38. The van der Waals surface area contributed by atoms with Crippen molar-refractivity contribution in [2.75, 3.05) is 33.9 Å². The summed E-state index contributed by atoms with van der Waals surface area (Å²) in [5.74, 6) is 0.796. The molecular formula is C19H22N2O6. The molecule has 144 valence electrons. The average molecular weight is 374 g/mol. The van der Waals surface area contributed by atoms with E-state index in [9.17, 15) is 14.4 Å². The molecule has 8 heteroatoms. The van der Waals surface area contributed by atoms with Crippen LogP contribution in [0.15, 0.2) is 24.3 Å². The minimum Gasteiger partial charge on any atom is -0.493 e. The number of carbonyl (C=O) groups excluding carboxylic acids is 3. The third-order valence-corrected chi connectivity index (χ3v) is 4.75. The Balaban J connectivity index is 1.57. The lowest BCUT2D eigenvalue weighted by molar-refractivity contribution is -0.129. The van der Waals surface area contributed by atoms with Crippen LogP contribution >= 0.6 is 0 Å². The molecule has 2 fully saturated rings. The molecule has 27 heavy (non-hydrogen) atoms. The second kappa shape index (κ2) is 8.11. The molecular weight excluding hydrogens is 352 g/mol. The first-order chi connectivity index (χ1) is 13.0. The molecule has 0 radical (unpaired) electrons. The first kappa shape index (κ1) is 18.8. The predicted octanol–water partition coefficient (Wildman–Crippen LogP) is 1.69. The summed E-state index contributed by atoms with van der Waals surface area (Å²) in [4.78, 5) is 38.7. The van der Waals surface area contributed by atoms with Crippen LogP contribution < -0.4 is 9.47 Å². The fraction of sp³-hybridized carbons (Fsp3) is 0.421. The lowest BCUT2D eigenvalue weighted by Crippen LogP contribution is -2.48. The number of carbonyl (C=O) groups is 3. The van der Waals surface area contributed by atoms with Crippen molar-refractivity contribution in [2.24, 2.45) is 0 Å². The maximum Gasteiger partial charge on any atom is 0.417 e. The zero-order valence-electron chi connectivity index (χ0n) is 15.3. The molecule has 0 atom stereocenters. The zero-order chi connectivity index (χ0) is 19.4. The number of ether oxygens (including phenoxy) is 3. The number of methoxy groups -OCH3 is 2. The van der Waals surface area contributed by atoms with Gasteiger partial charge in [-0.25, -0.2) is 9.69 Å². The number of hydrogen-bond donors (Lipinski definition) is 0. The van der Waals surface area contributed by atoms with Gasteiger partial charge < -0.3 is 19.1 Å². The van der Waals surface area contributed by atoms with Crippen molar-refractivity contribution in [3.8, 4) is 11.5 Å². The molecule has 0 aromatic heterocycles. The number of hydrogen-bond acceptors (Lipinski definition) is 6. The molecule has 1 aromatic carbocycles. The normalized spacial score (nSPS) is 18.1. The van der Waals surface area contributed by atoms with Crippen LogP contribution in [0.25, 0.3) is 6.08 Å². The number of rotatable bonds is 5. The summed E-state index contributed by atoms with van der Waals surface area (Å²) in [6.45, 7) is 0.777. The van der Waals surface area contributed by atoms with E-state index in [4.69, 9.17) is 14.2 Å². The second-order valence-electron chi connectivity index (χ2n) is 6.32. The van der Waals surface area contributed by atoms with Gasteiger partial charge in [-0.15, -0.1) is 0 Å². The molecule has 3 amide bonds. The van der Waals surface area contributed by atoms with Gasteiger partial charge >= 0.3 is 6.09 Å². The van der Waals surface area contributed by atoms with Crippen LogP contribution in [0.4, 0.5) is 4.79 Å². The summed E-state index contributed by atoms with van der Waals surface area (Å²) in [5.41, 5.74) is 0.821. The molecule has 0 unspecified atom stereocenters. The summed E-state index contributed by atoms with van der Waals surface area (Å²) < 4.78 is 15.2. The number of benzene rings is 1. The number of imide groups is 1. The van der Waals surface area contributed by atoms with Crippen molar-refractivity contribution in [1.29, 1.82) is 0 Å². The van der Waals surface area contributed by atoms with Gasteiger partial charge in [0.15, 0.2) is 18.1 Å². The summed E-state index contributed by atoms with van der Waals surface area (Å²) in [6.07, 6.45) is 3.75. The maximum absolute atomic E-state index is 12.4. The van der Waals surface area contributed by atoms with Gasteiger partial charge in [0.05, 0.1) is 14.2 Å². The summed E-state index contributed by atoms with van der Waals surface area (Å²) in [6, 6.07) is 5.20. The number of cyclic esters (lactones) is 1. The predicted molar refractivity (Wildman–Crippen MR) is 96.4 cm³/mol. The van der Waals surface area contributed by atoms with Gasteiger partial charge in [-0.05, 0) is 36.6 Å². The van der Waals surface area contributed by atoms with Gasteiger partial charge in [-0.1, -0.05) is 6.07 Å². The van der Waals surface area contributed by atoms with Crippen molar-refractivity contribution in [3.63, 3.8) is 0 Å². The van der Waals surface area contributed by atoms with Crippen molar-refractivity contribution in [1.82, 2.24) is 9.80 Å². The Hall–Kier alpha value is -3.03. The minimum absolute atomic E-state index is 0.112. The fourth-order valence-electron chi connectivity index (χ4n) is 3.29. The molecule has 3 rings (SSSR count). The van der Waals surface area contributed by atoms with E-state index in [1.165, 1.54) is 11.0 Å². The van der Waals surface area contributed by atoms with Crippen LogP contribution in [-0.2, 0) is 14.3 Å². The van der Waals surface area contributed by atoms with Crippen LogP contribution in [-0.4, -0.2) is 67.7 Å². The van der Waals surface area contributed by atoms with Gasteiger partial charge in [0.2, 0.25) is 5.91 Å². The van der Waals surface area contributed by atoms with Crippen LogP contribution in [0.5, 0.6) is 11.5 Å². The molecule has 2 aliphatic heterocycles. The summed E-state index contributed by atoms with van der Waals surface area (Å²) >= 11 is 0. The monoisotopic (exact) mass is 374 g/mol. The zero-order valence-corrected chi connectivity index (χ0v) is 15.3. The molecule has 8 nitrogen and oxygen atoms in total. The highest BCUT2D eigenvalue weighted by molar-refractivity contribution is 5.98. The molecule has 0 bridgehead atoms. The Bertz CT molecular complexity index is 751. The third-order valence-electron chi connectivity index (χ3n) is 4.75. The van der Waals surface area contributed by atoms with Crippen molar-refractivity contribution >= 4 is 24.0 Å². The van der Waals surface area contributed by atoms with Gasteiger partial charge in [-0.2, -0.15) is 0 Å². The quantitative estimate of drug-likeness (QED) is 0.729. The molecule has 0 spiro atoms. The van der Waals surface area contributed by atoms with Gasteiger partial charge in [0.1, 0.15) is 0 Å². The van der Waals surface area contributed by atoms with Crippen LogP contribution in [0.3, 0.4) is 0 Å². The van der Waals surface area contributed by atoms with E-state index in [0.717, 1.165) is 5.56 Å². The Morgan fingerprint density at radius 2 is 1.85 bits per heavy atom. The Morgan fingerprint density at radius 3 is 2.44 bits per heavy atom. The SMILES string of the molecule is COc1ccc(/C=C/C(=O)N2CCC(N3C(=O)COC3=O)CC2)cc1OC. The Kier molecular flexibility index (Phi) is 5.63. The average Bonchev–Trinajstić information content (AvgIpc) is 3.04. The van der Waals surface area contributed by atoms with Gasteiger partial charge in [0, 0.05) is 25.2 Å². The van der Waals surface area contributed by atoms with Crippen LogP contribution in [0, 0.1) is 0 Å². The van der Waals surface area contributed by atoms with Crippen molar-refractivity contribution in [2.45, 2.75) is 18.9 Å². The molecule has 0 N–H and O–H groups in total. The van der Waals surface area contributed by atoms with Crippen LogP contribution in [0.2, 0.25) is 0 Å². The maximum atomic E-state index is 12.4. The second-order valence-corrected chi connectivity index (χ2v) is 6.32. The van der Waals surface area contributed by atoms with E-state index < -0.39 is 6.09 Å². The standard InChI is InChI=1S/C19H22N2O6/c1-25-15-5-3-13(11-16(15)26-2)4-6-17(22)20-9-7-14(8-10-20)21-18(23)12-27-19(21)24/h3-6,11,14H,7-10,12H2,1-2H3/b6-4+. The van der Waals surface area contributed by atoms with Crippen LogP contribution in [0.1, 0.15) is 18.4 Å². The number of likely N-dealkylation sites (tertiary alicyclic amines) is 1. The van der Waals surface area contributed by atoms with Crippen molar-refractivity contribution < 1.29 is 28.6 Å². The molecule has 1 aromatic rings. The first-order valence-corrected chi connectivity index (χ1v) is 8.71. The fourth-order valence-corrected chi connectivity index (χ4v) is 3.29. The van der Waals surface area contributed by atoms with E-state index in [1.807, 2.05) is 6.07 Å². The van der Waals surface area contributed by atoms with E-state index in [-0.39, 0.29) is 24.5 Å². The largest absolute Gasteiger partial charge is 0.493 e. The Morgan fingerprint density at radius 1 is 1.15 bits per heavy atom. The van der Waals surface area contributed by atoms with E-state index in [0.29, 0.717) is 37.4 Å². The lowest BCUT2D eigenvalue weighted by atomic mass is 10.0. The highest BCUT2D eigenvalue weighted by Crippen LogP contribution is 2.28. The molecule has 2 heterocycles. The molecule has 0 aliphatic carbocycles. The number of amides is 3. The number of piperidine rings is 1. The molecule has 0 saturated carbocycles. The highest BCUT2D eigenvalue weighted by atomic mass is 16.6. The van der Waals surface area contributed by atoms with Gasteiger partial charge in [-0.3, -0.25) is 9.59 Å². The van der Waals surface area contributed by atoms with Gasteiger partial charge in [0.25, 0.3) is 5.91 Å². The van der Waals surface area contributed by atoms with E-state index in [2.05, 4.69) is 0 Å². The first-order valence-electron chi connectivity index (χ1n) is 8.71. The Labute approximate surface area is 157 Å². The third kappa shape index (κ3) is 4.05. The summed E-state index contributed by atoms with van der Waals surface area (Å²) in [7, 11) is 3.12. The molecule has 2 aliphatic rings. The number of nitrogens with zero attached hydrogens (tertiary/aromatic N) is 2. The van der Waals surface area contributed by atoms with Crippen molar-refractivity contribution in [3.05, 3.63) is 29.8 Å². The van der Waals surface area contributed by atoms with E-state index >= 15 is 0 Å². The topological polar surface area (TPSA) is 85.4 Å². The smallest absolute Gasteiger partial charge is 0.417 e. The lowest BCUT2D eigenvalue weighted by Gasteiger charge is -2.34. The van der Waals surface area contributed by atoms with E-state index in [1.54, 1.807) is 37.3 Å².